The summed E-state index contributed by atoms with van der Waals surface area (Å²) in [4.78, 5) is 43.0. The zero-order valence-electron chi connectivity index (χ0n) is 22.2. The number of carbonyl (C=O) groups is 4. The molecule has 0 saturated heterocycles. The normalized spacial score (nSPS) is 13.1. The Balaban J connectivity index is -0.00000118. The summed E-state index contributed by atoms with van der Waals surface area (Å²) in [6.07, 6.45) is 5.78. The monoisotopic (exact) mass is 548 g/mol. The van der Waals surface area contributed by atoms with Crippen LogP contribution < -0.4 is 29.6 Å². The van der Waals surface area contributed by atoms with E-state index in [1.807, 2.05) is 13.8 Å². The van der Waals surface area contributed by atoms with Crippen molar-refractivity contribution in [1.82, 2.24) is 0 Å². The molecule has 0 spiro atoms. The topological polar surface area (TPSA) is 184 Å². The summed E-state index contributed by atoms with van der Waals surface area (Å²) in [5.74, 6) is -4.37. The molecular weight excluding hydrogens is 507 g/mol. The van der Waals surface area contributed by atoms with Gasteiger partial charge in [0.1, 0.15) is 16.5 Å². The Morgan fingerprint density at radius 3 is 1.53 bits per heavy atom. The first-order chi connectivity index (χ1) is 16.3. The van der Waals surface area contributed by atoms with Gasteiger partial charge in [0.2, 0.25) is 0 Å². The number of rotatable bonds is 18. The molecule has 0 fully saturated rings. The van der Waals surface area contributed by atoms with Crippen LogP contribution in [-0.4, -0.2) is 65.5 Å². The Hall–Kier alpha value is -1.21. The van der Waals surface area contributed by atoms with E-state index in [4.69, 9.17) is 19.7 Å². The number of aliphatic carboxylic acids is 2. The van der Waals surface area contributed by atoms with Crippen LogP contribution in [0, 0.1) is 11.8 Å². The molecule has 3 unspecified atom stereocenters. The van der Waals surface area contributed by atoms with Crippen molar-refractivity contribution >= 4 is 34.0 Å². The molecule has 0 bridgehead atoms. The Morgan fingerprint density at radius 2 is 1.22 bits per heavy atom. The zero-order chi connectivity index (χ0) is 27.4. The molecule has 0 aliphatic carbocycles. The SMILES string of the molecule is CCCCC(CC)COC(=O)CC(C(=O)OCC(CC)CCCC)S(=O)(=O)[O-].O=C(O)CC(=O)O.[Na+]. The van der Waals surface area contributed by atoms with Crippen LogP contribution in [0.4, 0.5) is 0 Å². The van der Waals surface area contributed by atoms with Crippen molar-refractivity contribution in [2.75, 3.05) is 13.2 Å². The Kier molecular flexibility index (Phi) is 25.1. The van der Waals surface area contributed by atoms with Gasteiger partial charge >= 0.3 is 53.4 Å². The summed E-state index contributed by atoms with van der Waals surface area (Å²) in [6.45, 7) is 8.26. The van der Waals surface area contributed by atoms with E-state index in [9.17, 15) is 32.1 Å². The maximum atomic E-state index is 12.1. The molecule has 0 aromatic rings. The molecule has 0 aromatic carbocycles. The summed E-state index contributed by atoms with van der Waals surface area (Å²) in [5.41, 5.74) is 0. The average molecular weight is 549 g/mol. The van der Waals surface area contributed by atoms with Crippen LogP contribution in [0.2, 0.25) is 0 Å². The number of esters is 2. The molecule has 0 amide bonds. The van der Waals surface area contributed by atoms with Crippen molar-refractivity contribution in [3.05, 3.63) is 0 Å². The fourth-order valence-corrected chi connectivity index (χ4v) is 3.59. The molecule has 0 aliphatic heterocycles. The molecule has 11 nitrogen and oxygen atoms in total. The standard InChI is InChI=1S/C20H38O7S.C3H4O4.Na/c1-5-9-11-16(7-3)14-26-19(21)13-18(28(23,24)25)20(22)27-15-17(8-4)12-10-6-2;4-2(5)1-3(6)7;/h16-18H,5-15H2,1-4H3,(H,23,24,25);1H2,(H,4,5)(H,6,7);/q;;+1/p-1. The third kappa shape index (κ3) is 22.0. The van der Waals surface area contributed by atoms with Gasteiger partial charge in [-0.3, -0.25) is 19.2 Å². The van der Waals surface area contributed by atoms with Gasteiger partial charge in [-0.05, 0) is 24.7 Å². The summed E-state index contributed by atoms with van der Waals surface area (Å²) >= 11 is 0. The smallest absolute Gasteiger partial charge is 0.747 e. The van der Waals surface area contributed by atoms with Gasteiger partial charge < -0.3 is 24.2 Å². The quantitative estimate of drug-likeness (QED) is 0.104. The fourth-order valence-electron chi connectivity index (χ4n) is 2.94. The van der Waals surface area contributed by atoms with E-state index in [-0.39, 0.29) is 54.6 Å². The molecule has 206 valence electrons. The predicted molar refractivity (Wildman–Crippen MR) is 127 cm³/mol. The minimum Gasteiger partial charge on any atom is -0.747 e. The van der Waals surface area contributed by atoms with Gasteiger partial charge in [-0.1, -0.05) is 66.2 Å². The van der Waals surface area contributed by atoms with Gasteiger partial charge in [0.05, 0.1) is 19.6 Å². The molecule has 0 heterocycles. The molecule has 0 aromatic heterocycles. The number of carboxylic acids is 2. The first kappa shape index (κ1) is 39.3. The Labute approximate surface area is 236 Å². The van der Waals surface area contributed by atoms with Gasteiger partial charge in [0.25, 0.3) is 0 Å². The van der Waals surface area contributed by atoms with E-state index < -0.39 is 52.1 Å². The van der Waals surface area contributed by atoms with E-state index >= 15 is 0 Å². The molecule has 0 radical (unpaired) electrons. The fraction of sp³-hybridized carbons (Fsp3) is 0.826. The third-order valence-corrected chi connectivity index (χ3v) is 6.35. The van der Waals surface area contributed by atoms with Crippen molar-refractivity contribution in [1.29, 1.82) is 0 Å². The number of hydrogen-bond donors (Lipinski definition) is 2. The molecule has 0 aliphatic rings. The van der Waals surface area contributed by atoms with Crippen LogP contribution in [0.5, 0.6) is 0 Å². The predicted octanol–water partition coefficient (Wildman–Crippen LogP) is 0.359. The Bertz CT molecular complexity index is 728. The molecule has 2 N–H and O–H groups in total. The first-order valence-electron chi connectivity index (χ1n) is 12.0. The number of carbonyl (C=O) groups excluding carboxylic acids is 2. The maximum Gasteiger partial charge on any atom is 1.00 e. The van der Waals surface area contributed by atoms with Crippen molar-refractivity contribution in [2.24, 2.45) is 11.8 Å². The van der Waals surface area contributed by atoms with Crippen LogP contribution in [-0.2, 0) is 38.8 Å². The minimum atomic E-state index is -5.01. The molecule has 13 heteroatoms. The number of carboxylic acid groups (broad SMARTS) is 2. The minimum absolute atomic E-state index is 0. The third-order valence-electron chi connectivity index (χ3n) is 5.29. The second kappa shape index (κ2) is 22.9. The van der Waals surface area contributed by atoms with Crippen LogP contribution in [0.1, 0.15) is 91.9 Å². The largest absolute Gasteiger partial charge is 1.00 e. The molecule has 0 saturated carbocycles. The summed E-state index contributed by atoms with van der Waals surface area (Å²) < 4.78 is 44.6. The molecule has 0 rings (SSSR count). The average Bonchev–Trinajstić information content (AvgIpc) is 2.76. The van der Waals surface area contributed by atoms with Crippen LogP contribution in [0.3, 0.4) is 0 Å². The van der Waals surface area contributed by atoms with Crippen molar-refractivity contribution in [3.8, 4) is 0 Å². The van der Waals surface area contributed by atoms with E-state index in [1.165, 1.54) is 0 Å². The van der Waals surface area contributed by atoms with Gasteiger partial charge in [0.15, 0.2) is 5.25 Å². The molecule has 36 heavy (non-hydrogen) atoms. The van der Waals surface area contributed by atoms with Crippen LogP contribution in [0.25, 0.3) is 0 Å². The molecule has 3 atom stereocenters. The number of hydrogen-bond acceptors (Lipinski definition) is 9. The zero-order valence-corrected chi connectivity index (χ0v) is 25.0. The second-order valence-corrected chi connectivity index (χ2v) is 9.85. The second-order valence-electron chi connectivity index (χ2n) is 8.30. The van der Waals surface area contributed by atoms with Crippen molar-refractivity contribution < 1.29 is 81.4 Å². The van der Waals surface area contributed by atoms with E-state index in [1.54, 1.807) is 0 Å². The maximum absolute atomic E-state index is 12.1. The van der Waals surface area contributed by atoms with Crippen molar-refractivity contribution in [3.63, 3.8) is 0 Å². The van der Waals surface area contributed by atoms with Crippen LogP contribution in [0.15, 0.2) is 0 Å². The summed E-state index contributed by atoms with van der Waals surface area (Å²) in [5, 5.41) is 13.3. The van der Waals surface area contributed by atoms with Gasteiger partial charge in [-0.2, -0.15) is 0 Å². The first-order valence-corrected chi connectivity index (χ1v) is 13.5. The van der Waals surface area contributed by atoms with Crippen molar-refractivity contribution in [2.45, 2.75) is 97.2 Å². The van der Waals surface area contributed by atoms with E-state index in [0.29, 0.717) is 0 Å². The van der Waals surface area contributed by atoms with Gasteiger partial charge in [0, 0.05) is 0 Å². The Morgan fingerprint density at radius 1 is 0.806 bits per heavy atom. The number of unbranched alkanes of at least 4 members (excludes halogenated alkanes) is 2. The van der Waals surface area contributed by atoms with Gasteiger partial charge in [-0.25, -0.2) is 8.42 Å². The van der Waals surface area contributed by atoms with E-state index in [0.717, 1.165) is 51.4 Å². The van der Waals surface area contributed by atoms with Gasteiger partial charge in [-0.15, -0.1) is 0 Å². The van der Waals surface area contributed by atoms with E-state index in [2.05, 4.69) is 13.8 Å². The summed E-state index contributed by atoms with van der Waals surface area (Å²) in [6, 6.07) is 0. The summed E-state index contributed by atoms with van der Waals surface area (Å²) in [7, 11) is -5.01. The van der Waals surface area contributed by atoms with Crippen LogP contribution >= 0.6 is 0 Å². The number of ether oxygens (including phenoxy) is 2. The molecular formula is C23H41NaO11S.